The van der Waals surface area contributed by atoms with Crippen LogP contribution in [0, 0.1) is 138 Å². The second kappa shape index (κ2) is 48.9. The average molecular weight is 1240 g/mol. The van der Waals surface area contributed by atoms with E-state index >= 15 is 0 Å². The van der Waals surface area contributed by atoms with Crippen molar-refractivity contribution < 1.29 is 0 Å². The molecule has 0 radical (unpaired) electrons. The molecule has 0 fully saturated rings. The summed E-state index contributed by atoms with van der Waals surface area (Å²) in [7, 11) is 0. The van der Waals surface area contributed by atoms with Crippen LogP contribution in [-0.2, 0) is 0 Å². The molecular weight excluding hydrogens is 1150 g/mol. The molecule has 0 aliphatic carbocycles. The molecule has 24 nitrogen and oxygen atoms in total. The smallest absolute Gasteiger partial charge is 0.115 e. The Labute approximate surface area is 543 Å². The molecule has 0 bridgehead atoms. The van der Waals surface area contributed by atoms with Gasteiger partial charge in [0.25, 0.3) is 0 Å². The number of rotatable bonds is 0. The standard InChI is InChI=1S/8C6H8N2.4C5H6N2/c2*1-5-3-7-4-8-6(5)2;2*1-5-3-8-6(2)4-7-5;1-5-3-7-4-6(2)8-5;1-5-3-6(2)8-4-7-5;1-5-6(2)8-4-3-7-5;1-5-3-4-6(2)8-7-5;2*1-5-4-6-2-3-7-5;1-5-2-3-6-7-4-5;1-5-3-2-4-6-7-5/h8*3-4H,1-2H3;4*2-4H,1H3. The van der Waals surface area contributed by atoms with E-state index in [0.29, 0.717) is 0 Å². The number of aryl methyl sites for hydroxylation is 20. The predicted molar refractivity (Wildman–Crippen MR) is 359 cm³/mol. The van der Waals surface area contributed by atoms with E-state index in [0.717, 1.165) is 113 Å². The maximum Gasteiger partial charge on any atom is 0.115 e. The van der Waals surface area contributed by atoms with Gasteiger partial charge in [-0.3, -0.25) is 59.8 Å². The van der Waals surface area contributed by atoms with Crippen molar-refractivity contribution in [3.63, 3.8) is 0 Å². The van der Waals surface area contributed by atoms with Gasteiger partial charge in [-0.25, -0.2) is 29.9 Å². The van der Waals surface area contributed by atoms with Gasteiger partial charge in [-0.1, -0.05) is 0 Å². The first-order chi connectivity index (χ1) is 43.9. The maximum absolute atomic E-state index is 4.11. The highest BCUT2D eigenvalue weighted by molar-refractivity contribution is 5.12. The summed E-state index contributed by atoms with van der Waals surface area (Å²) in [6.45, 7) is 38.8. The molecule has 12 heterocycles. The lowest BCUT2D eigenvalue weighted by molar-refractivity contribution is 0.941. The third kappa shape index (κ3) is 44.4. The van der Waals surface area contributed by atoms with E-state index in [2.05, 4.69) is 120 Å². The Kier molecular flexibility index (Phi) is 42.0. The molecule has 0 aromatic carbocycles. The Morgan fingerprint density at radius 1 is 0.217 bits per heavy atom. The monoisotopic (exact) mass is 1240 g/mol. The molecule has 0 saturated carbocycles. The molecule has 0 unspecified atom stereocenters. The van der Waals surface area contributed by atoms with Gasteiger partial charge >= 0.3 is 0 Å². The fourth-order valence-corrected chi connectivity index (χ4v) is 5.44. The largest absolute Gasteiger partial charge is 0.261 e. The third-order valence-electron chi connectivity index (χ3n) is 10.8. The third-order valence-corrected chi connectivity index (χ3v) is 10.8. The van der Waals surface area contributed by atoms with Gasteiger partial charge in [0, 0.05) is 134 Å². The molecule has 0 N–H and O–H groups in total. The number of hydrogen-bond acceptors (Lipinski definition) is 24. The Morgan fingerprint density at radius 2 is 0.620 bits per heavy atom. The van der Waals surface area contributed by atoms with Gasteiger partial charge < -0.3 is 0 Å². The summed E-state index contributed by atoms with van der Waals surface area (Å²) in [5, 5.41) is 22.3. The lowest BCUT2D eigenvalue weighted by atomic mass is 10.3. The van der Waals surface area contributed by atoms with Crippen molar-refractivity contribution >= 4 is 0 Å². The van der Waals surface area contributed by atoms with Crippen molar-refractivity contribution in [2.45, 2.75) is 138 Å². The summed E-state index contributed by atoms with van der Waals surface area (Å²) >= 11 is 0. The molecule has 0 aliphatic rings. The van der Waals surface area contributed by atoms with Crippen LogP contribution in [-0.4, -0.2) is 120 Å². The van der Waals surface area contributed by atoms with Gasteiger partial charge in [-0.15, -0.1) is 0 Å². The molecular formula is C68H88N24. The molecule has 0 aliphatic heterocycles. The highest BCUT2D eigenvalue weighted by atomic mass is 15.1. The average Bonchev–Trinajstić information content (AvgIpc) is 3.75. The summed E-state index contributed by atoms with van der Waals surface area (Å²) in [4.78, 5) is 71.1. The Bertz CT molecular complexity index is 3180. The lowest BCUT2D eigenvalue weighted by Gasteiger charge is -1.91. The highest BCUT2D eigenvalue weighted by Gasteiger charge is 1.91. The van der Waals surface area contributed by atoms with Gasteiger partial charge in [0.1, 0.15) is 19.0 Å². The number of hydrogen-bond donors (Lipinski definition) is 0. The van der Waals surface area contributed by atoms with E-state index in [9.17, 15) is 0 Å². The van der Waals surface area contributed by atoms with E-state index in [1.165, 1.54) is 0 Å². The number of aromatic nitrogens is 24. The van der Waals surface area contributed by atoms with Crippen molar-refractivity contribution in [2.24, 2.45) is 0 Å². The normalized spacial score (nSPS) is 9.09. The maximum atomic E-state index is 4.11. The zero-order chi connectivity index (χ0) is 68.3. The van der Waals surface area contributed by atoms with E-state index in [-0.39, 0.29) is 0 Å². The fourth-order valence-electron chi connectivity index (χ4n) is 5.44. The highest BCUT2D eigenvalue weighted by Crippen LogP contribution is 1.99. The van der Waals surface area contributed by atoms with E-state index in [1.54, 1.807) is 124 Å². The summed E-state index contributed by atoms with van der Waals surface area (Å²) in [6.07, 6.45) is 37.4. The topological polar surface area (TPSA) is 309 Å². The fraction of sp³-hybridized carbons (Fsp3) is 0.294. The van der Waals surface area contributed by atoms with E-state index < -0.39 is 0 Å². The minimum absolute atomic E-state index is 0.961. The van der Waals surface area contributed by atoms with Gasteiger partial charge in [0.15, 0.2) is 0 Å². The zero-order valence-electron chi connectivity index (χ0n) is 56.9. The van der Waals surface area contributed by atoms with Crippen LogP contribution in [0.3, 0.4) is 0 Å². The van der Waals surface area contributed by atoms with Crippen molar-refractivity contribution in [3.05, 3.63) is 287 Å². The molecule has 0 spiro atoms. The molecule has 92 heavy (non-hydrogen) atoms. The van der Waals surface area contributed by atoms with E-state index in [1.807, 2.05) is 187 Å². The molecule has 12 rings (SSSR count). The second-order valence-corrected chi connectivity index (χ2v) is 19.8. The first kappa shape index (κ1) is 79.0. The van der Waals surface area contributed by atoms with Crippen LogP contribution in [0.1, 0.15) is 113 Å². The van der Waals surface area contributed by atoms with Crippen LogP contribution in [0.15, 0.2) is 173 Å². The van der Waals surface area contributed by atoms with Gasteiger partial charge in [0.05, 0.1) is 80.2 Å². The lowest BCUT2D eigenvalue weighted by Crippen LogP contribution is -1.87. The van der Waals surface area contributed by atoms with Crippen molar-refractivity contribution in [3.8, 4) is 0 Å². The Balaban J connectivity index is 0.000000502. The summed E-state index contributed by atoms with van der Waals surface area (Å²) < 4.78 is 0. The zero-order valence-corrected chi connectivity index (χ0v) is 56.9. The molecule has 0 saturated heterocycles. The van der Waals surface area contributed by atoms with E-state index in [4.69, 9.17) is 0 Å². The summed E-state index contributed by atoms with van der Waals surface area (Å²) in [5.41, 5.74) is 20.3. The molecule has 12 aromatic rings. The second-order valence-electron chi connectivity index (χ2n) is 19.8. The SMILES string of the molecule is Cc1cc(C)ncn1.Cc1ccc(C)nn1.Cc1cccnn1.Cc1ccnnc1.Cc1cnc(C)cn1.Cc1cnc(C)cn1.Cc1cncc(C)n1.Cc1cnccn1.Cc1cnccn1.Cc1cncnc1C.Cc1cncnc1C.Cc1nccnc1C. The van der Waals surface area contributed by atoms with Crippen LogP contribution >= 0.6 is 0 Å². The first-order valence-corrected chi connectivity index (χ1v) is 28.8. The molecule has 0 amide bonds. The van der Waals surface area contributed by atoms with Crippen LogP contribution in [0.2, 0.25) is 0 Å². The predicted octanol–water partition coefficient (Wildman–Crippen LogP) is 11.9. The summed E-state index contributed by atoms with van der Waals surface area (Å²) in [6, 6.07) is 11.5. The minimum Gasteiger partial charge on any atom is -0.261 e. The first-order valence-electron chi connectivity index (χ1n) is 28.8. The number of nitrogens with zero attached hydrogens (tertiary/aromatic N) is 24. The van der Waals surface area contributed by atoms with Crippen LogP contribution in [0.25, 0.3) is 0 Å². The Hall–Kier alpha value is -11.0. The molecule has 480 valence electrons. The van der Waals surface area contributed by atoms with Crippen LogP contribution in [0.5, 0.6) is 0 Å². The van der Waals surface area contributed by atoms with Gasteiger partial charge in [-0.2, -0.15) is 30.6 Å². The van der Waals surface area contributed by atoms with Crippen LogP contribution < -0.4 is 0 Å². The van der Waals surface area contributed by atoms with Crippen molar-refractivity contribution in [1.82, 2.24) is 120 Å². The van der Waals surface area contributed by atoms with Gasteiger partial charge in [-0.05, 0) is 192 Å². The van der Waals surface area contributed by atoms with Crippen molar-refractivity contribution in [2.75, 3.05) is 0 Å². The molecule has 24 heteroatoms. The summed E-state index contributed by atoms with van der Waals surface area (Å²) in [5.74, 6) is 0. The minimum atomic E-state index is 0.961. The van der Waals surface area contributed by atoms with Gasteiger partial charge in [0.2, 0.25) is 0 Å². The molecule has 12 aromatic heterocycles. The van der Waals surface area contributed by atoms with Crippen LogP contribution in [0.4, 0.5) is 0 Å². The van der Waals surface area contributed by atoms with Crippen molar-refractivity contribution in [1.29, 1.82) is 0 Å². The Morgan fingerprint density at radius 3 is 0.826 bits per heavy atom. The molecule has 0 atom stereocenters. The quantitative estimate of drug-likeness (QED) is 0.136.